The Labute approximate surface area is 492 Å². The Morgan fingerprint density at radius 2 is 0.939 bits per heavy atom. The van der Waals surface area contributed by atoms with Crippen LogP contribution in [0.25, 0.3) is 11.1 Å². The molecule has 3 nitrogen and oxygen atoms in total. The van der Waals surface area contributed by atoms with Gasteiger partial charge in [0, 0.05) is 50.8 Å². The average Bonchev–Trinajstić information content (AvgIpc) is 2.22. The lowest BCUT2D eigenvalue weighted by Gasteiger charge is -2.51. The van der Waals surface area contributed by atoms with Crippen molar-refractivity contribution in [1.29, 1.82) is 0 Å². The molecule has 8 aromatic rings. The highest BCUT2D eigenvalue weighted by atomic mass is 15.3. The molecule has 0 bridgehead atoms. The minimum absolute atomic E-state index is 0.0135. The van der Waals surface area contributed by atoms with Gasteiger partial charge in [0.15, 0.2) is 0 Å². The summed E-state index contributed by atoms with van der Waals surface area (Å²) in [4.78, 5) is 8.25. The van der Waals surface area contributed by atoms with Gasteiger partial charge in [-0.1, -0.05) is 201 Å². The number of hydrogen-bond acceptors (Lipinski definition) is 3. The van der Waals surface area contributed by atoms with Crippen molar-refractivity contribution in [2.24, 2.45) is 0 Å². The number of hydrogen-bond donors (Lipinski definition) is 0. The largest absolute Gasteiger partial charge is 0.330 e. The van der Waals surface area contributed by atoms with Crippen LogP contribution in [0.15, 0.2) is 158 Å². The van der Waals surface area contributed by atoms with Gasteiger partial charge in [-0.2, -0.15) is 0 Å². The van der Waals surface area contributed by atoms with Gasteiger partial charge in [-0.25, -0.2) is 0 Å². The van der Waals surface area contributed by atoms with Crippen molar-refractivity contribution in [3.8, 4) is 11.1 Å². The van der Waals surface area contributed by atoms with Crippen LogP contribution < -0.4 is 31.1 Å². The second-order valence-electron chi connectivity index (χ2n) is 31.0. The number of para-hydroxylation sites is 1. The topological polar surface area (TPSA) is 9.72 Å². The second kappa shape index (κ2) is 17.4. The lowest BCUT2D eigenvalue weighted by Crippen LogP contribution is -2.62. The van der Waals surface area contributed by atoms with Crippen molar-refractivity contribution >= 4 is 68.6 Å². The number of nitrogens with zero attached hydrogens (tertiary/aromatic N) is 3. The molecule has 3 aliphatic carbocycles. The molecule has 0 amide bonds. The van der Waals surface area contributed by atoms with Gasteiger partial charge < -0.3 is 14.7 Å². The highest BCUT2D eigenvalue weighted by Gasteiger charge is 2.60. The third-order valence-corrected chi connectivity index (χ3v) is 22.1. The molecule has 4 heteroatoms. The van der Waals surface area contributed by atoms with Gasteiger partial charge in [0.1, 0.15) is 0 Å². The van der Waals surface area contributed by atoms with E-state index in [9.17, 15) is 0 Å². The third-order valence-electron chi connectivity index (χ3n) is 22.1. The highest BCUT2D eigenvalue weighted by molar-refractivity contribution is 7.00. The first-order valence-corrected chi connectivity index (χ1v) is 31.1. The fourth-order valence-corrected chi connectivity index (χ4v) is 16.6. The van der Waals surface area contributed by atoms with Gasteiger partial charge in [-0.3, -0.25) is 0 Å². The summed E-state index contributed by atoms with van der Waals surface area (Å²) in [6.45, 7) is 39.3. The Balaban J connectivity index is 1.12. The molecule has 0 saturated heterocycles. The Morgan fingerprint density at radius 3 is 1.61 bits per heavy atom. The third kappa shape index (κ3) is 7.53. The highest BCUT2D eigenvalue weighted by Crippen LogP contribution is 2.64. The molecule has 14 rings (SSSR count). The van der Waals surface area contributed by atoms with Gasteiger partial charge in [-0.05, 0) is 211 Å². The summed E-state index contributed by atoms with van der Waals surface area (Å²) in [7, 11) is 0. The average molecular weight is 1080 g/mol. The molecule has 0 fully saturated rings. The second-order valence-corrected chi connectivity index (χ2v) is 31.0. The minimum atomic E-state index is -0.346. The maximum atomic E-state index is 2.77. The molecular weight excluding hydrogens is 990 g/mol. The van der Waals surface area contributed by atoms with Crippen molar-refractivity contribution < 1.29 is 0 Å². The van der Waals surface area contributed by atoms with Crippen molar-refractivity contribution in [3.63, 3.8) is 0 Å². The van der Waals surface area contributed by atoms with E-state index in [1.165, 1.54) is 136 Å². The standard InChI is InChI=1S/C78H86BN3/c1-71(2,3)51-30-35-64(55(42-51)49-24-18-17-19-25-49)81-66-46-54(82-65-29-23-22-28-58(65)77(15)37-36-50-26-20-21-27-56(50)78(77,82)16)32-34-62(66)79-63-47-60-61(76(13,14)41-40-75(60,11)12)48-67(63)80(68-43-52(72(4,5)6)44-69(81)70(68)79)53-31-33-57-59(45-53)74(9,10)39-38-73(57,7)8/h17-35,42-48H,36-41H2,1-16H3. The van der Waals surface area contributed by atoms with E-state index >= 15 is 0 Å². The number of aryl methyl sites for hydroxylation is 1. The van der Waals surface area contributed by atoms with Crippen molar-refractivity contribution in [1.82, 2.24) is 0 Å². The Hall–Kier alpha value is -6.78. The summed E-state index contributed by atoms with van der Waals surface area (Å²) in [6.07, 6.45) is 6.83. The van der Waals surface area contributed by atoms with Crippen LogP contribution in [0.4, 0.5) is 45.5 Å². The lowest BCUT2D eigenvalue weighted by molar-refractivity contribution is 0.245. The van der Waals surface area contributed by atoms with E-state index in [0.29, 0.717) is 0 Å². The van der Waals surface area contributed by atoms with Crippen LogP contribution in [-0.4, -0.2) is 6.71 Å². The van der Waals surface area contributed by atoms with E-state index < -0.39 is 0 Å². The van der Waals surface area contributed by atoms with Gasteiger partial charge in [0.05, 0.1) is 11.2 Å². The number of rotatable bonds is 4. The lowest BCUT2D eigenvalue weighted by atomic mass is 9.33. The molecule has 6 aliphatic rings. The molecule has 0 radical (unpaired) electrons. The summed E-state index contributed by atoms with van der Waals surface area (Å²) in [5, 5.41) is 0. The quantitative estimate of drug-likeness (QED) is 0.163. The molecule has 82 heavy (non-hydrogen) atoms. The summed E-state index contributed by atoms with van der Waals surface area (Å²) in [6, 6.07) is 63.3. The van der Waals surface area contributed by atoms with Crippen molar-refractivity contribution in [2.75, 3.05) is 14.7 Å². The predicted octanol–water partition coefficient (Wildman–Crippen LogP) is 19.0. The molecule has 8 aromatic carbocycles. The summed E-state index contributed by atoms with van der Waals surface area (Å²) in [5.41, 5.74) is 29.3. The molecule has 0 aromatic heterocycles. The SMILES string of the molecule is CC(C)(C)c1ccc(N2c3cc(N4c5ccccc5C5(C)CCc6ccccc6C45C)ccc3B3c4cc5c(cc4N(c4ccc6c(c4)C(C)(C)CCC6(C)C)c4cc(C(C)(C)C)cc2c43)C(C)(C)CCC5(C)C)c(-c2ccccc2)c1. The van der Waals surface area contributed by atoms with Crippen LogP contribution in [0.3, 0.4) is 0 Å². The van der Waals surface area contributed by atoms with Crippen LogP contribution in [0.5, 0.6) is 0 Å². The maximum Gasteiger partial charge on any atom is 0.252 e. The predicted molar refractivity (Wildman–Crippen MR) is 352 cm³/mol. The number of benzene rings is 8. The smallest absolute Gasteiger partial charge is 0.252 e. The van der Waals surface area contributed by atoms with Crippen LogP contribution >= 0.6 is 0 Å². The Kier molecular flexibility index (Phi) is 11.3. The maximum absolute atomic E-state index is 2.77. The van der Waals surface area contributed by atoms with E-state index in [4.69, 9.17) is 0 Å². The molecular formula is C78H86BN3. The van der Waals surface area contributed by atoms with Gasteiger partial charge in [-0.15, -0.1) is 0 Å². The fourth-order valence-electron chi connectivity index (χ4n) is 16.6. The van der Waals surface area contributed by atoms with Crippen LogP contribution in [0, 0.1) is 0 Å². The van der Waals surface area contributed by atoms with E-state index in [-0.39, 0.29) is 50.2 Å². The molecule has 3 aliphatic heterocycles. The summed E-state index contributed by atoms with van der Waals surface area (Å²) >= 11 is 0. The molecule has 2 unspecified atom stereocenters. The molecule has 3 heterocycles. The van der Waals surface area contributed by atoms with Crippen LogP contribution in [-0.2, 0) is 49.9 Å². The van der Waals surface area contributed by atoms with E-state index in [1.54, 1.807) is 0 Å². The zero-order chi connectivity index (χ0) is 57.6. The van der Waals surface area contributed by atoms with Gasteiger partial charge in [0.25, 0.3) is 6.71 Å². The van der Waals surface area contributed by atoms with E-state index in [0.717, 1.165) is 25.7 Å². The Bertz CT molecular complexity index is 3970. The van der Waals surface area contributed by atoms with Crippen LogP contribution in [0.1, 0.15) is 193 Å². The van der Waals surface area contributed by atoms with Crippen LogP contribution in [0.2, 0.25) is 0 Å². The Morgan fingerprint density at radius 1 is 0.378 bits per heavy atom. The first-order valence-electron chi connectivity index (χ1n) is 31.1. The van der Waals surface area contributed by atoms with Crippen molar-refractivity contribution in [3.05, 3.63) is 208 Å². The molecule has 416 valence electrons. The summed E-state index contributed by atoms with van der Waals surface area (Å²) in [5.74, 6) is 0. The molecule has 0 spiro atoms. The number of fused-ring (bicyclic) bond motifs is 11. The molecule has 2 atom stereocenters. The normalized spacial score (nSPS) is 22.0. The zero-order valence-electron chi connectivity index (χ0n) is 52.2. The summed E-state index contributed by atoms with van der Waals surface area (Å²) < 4.78 is 0. The van der Waals surface area contributed by atoms with Crippen molar-refractivity contribution in [2.45, 2.75) is 193 Å². The minimum Gasteiger partial charge on any atom is -0.330 e. The monoisotopic (exact) mass is 1080 g/mol. The molecule has 0 N–H and O–H groups in total. The number of anilines is 8. The zero-order valence-corrected chi connectivity index (χ0v) is 52.2. The molecule has 0 saturated carbocycles. The first-order chi connectivity index (χ1) is 38.6. The van der Waals surface area contributed by atoms with E-state index in [2.05, 4.69) is 283 Å². The van der Waals surface area contributed by atoms with Gasteiger partial charge >= 0.3 is 0 Å². The van der Waals surface area contributed by atoms with E-state index in [1.807, 2.05) is 0 Å². The fraction of sp³-hybridized carbons (Fsp3) is 0.385. The van der Waals surface area contributed by atoms with Gasteiger partial charge in [0.2, 0.25) is 0 Å². The first kappa shape index (κ1) is 53.2.